The molecular formula is C17H22N6O2. The van der Waals surface area contributed by atoms with Crippen molar-refractivity contribution in [3.05, 3.63) is 30.6 Å². The predicted molar refractivity (Wildman–Crippen MR) is 92.6 cm³/mol. The summed E-state index contributed by atoms with van der Waals surface area (Å²) < 4.78 is 1.75. The van der Waals surface area contributed by atoms with Gasteiger partial charge in [-0.05, 0) is 66.3 Å². The molecule has 1 saturated carbocycles. The van der Waals surface area contributed by atoms with Crippen molar-refractivity contribution in [2.24, 2.45) is 11.8 Å². The second-order valence-corrected chi connectivity index (χ2v) is 6.50. The topological polar surface area (TPSA) is 102 Å². The molecule has 3 rings (SSSR count). The highest BCUT2D eigenvalue weighted by Gasteiger charge is 2.26. The van der Waals surface area contributed by atoms with Gasteiger partial charge in [0.05, 0.1) is 0 Å². The molecule has 8 nitrogen and oxygen atoms in total. The number of rotatable bonds is 5. The van der Waals surface area contributed by atoms with Gasteiger partial charge in [0, 0.05) is 30.8 Å². The molecule has 1 aliphatic rings. The Hall–Kier alpha value is -2.77. The van der Waals surface area contributed by atoms with Crippen LogP contribution >= 0.6 is 0 Å². The zero-order chi connectivity index (χ0) is 17.6. The van der Waals surface area contributed by atoms with Gasteiger partial charge in [-0.15, -0.1) is 5.10 Å². The minimum atomic E-state index is -0.116. The maximum Gasteiger partial charge on any atom is 0.227 e. The number of aromatic nitrogens is 4. The number of amides is 2. The van der Waals surface area contributed by atoms with Gasteiger partial charge in [0.2, 0.25) is 11.8 Å². The third-order valence-corrected chi connectivity index (χ3v) is 4.53. The summed E-state index contributed by atoms with van der Waals surface area (Å²) in [5, 5.41) is 16.9. The van der Waals surface area contributed by atoms with E-state index in [0.717, 1.165) is 37.9 Å². The fraction of sp³-hybridized carbons (Fsp3) is 0.471. The van der Waals surface area contributed by atoms with Crippen molar-refractivity contribution in [2.75, 3.05) is 10.6 Å². The molecule has 8 heteroatoms. The maximum absolute atomic E-state index is 12.4. The highest BCUT2D eigenvalue weighted by molar-refractivity contribution is 5.93. The number of anilines is 2. The van der Waals surface area contributed by atoms with E-state index in [-0.39, 0.29) is 17.7 Å². The first kappa shape index (κ1) is 17.1. The molecule has 2 aromatic rings. The van der Waals surface area contributed by atoms with E-state index in [1.807, 2.05) is 0 Å². The van der Waals surface area contributed by atoms with Gasteiger partial charge in [0.15, 0.2) is 0 Å². The smallest absolute Gasteiger partial charge is 0.227 e. The second-order valence-electron chi connectivity index (χ2n) is 6.50. The number of nitrogens with zero attached hydrogens (tertiary/aromatic N) is 4. The highest BCUT2D eigenvalue weighted by atomic mass is 16.2. The molecular weight excluding hydrogens is 320 g/mol. The van der Waals surface area contributed by atoms with Crippen molar-refractivity contribution < 1.29 is 9.59 Å². The van der Waals surface area contributed by atoms with Gasteiger partial charge in [-0.25, -0.2) is 4.68 Å². The molecule has 0 unspecified atom stereocenters. The van der Waals surface area contributed by atoms with E-state index >= 15 is 0 Å². The van der Waals surface area contributed by atoms with Crippen LogP contribution in [0.5, 0.6) is 0 Å². The average molecular weight is 342 g/mol. The summed E-state index contributed by atoms with van der Waals surface area (Å²) in [6.45, 7) is 2.28. The largest absolute Gasteiger partial charge is 0.326 e. The van der Waals surface area contributed by atoms with Crippen molar-refractivity contribution in [3.63, 3.8) is 0 Å². The Morgan fingerprint density at radius 1 is 1.08 bits per heavy atom. The Labute approximate surface area is 146 Å². The Morgan fingerprint density at radius 2 is 1.72 bits per heavy atom. The van der Waals surface area contributed by atoms with Crippen LogP contribution in [0.3, 0.4) is 0 Å². The molecule has 0 bridgehead atoms. The van der Waals surface area contributed by atoms with E-state index in [0.29, 0.717) is 11.6 Å². The Kier molecular flexibility index (Phi) is 5.37. The first-order chi connectivity index (χ1) is 12.1. The van der Waals surface area contributed by atoms with Crippen LogP contribution in [0, 0.1) is 11.8 Å². The molecule has 1 heterocycles. The minimum absolute atomic E-state index is 0.0418. The predicted octanol–water partition coefficient (Wildman–Crippen LogP) is 2.08. The summed E-state index contributed by atoms with van der Waals surface area (Å²) in [6.07, 6.45) is 5.38. The lowest BCUT2D eigenvalue weighted by molar-refractivity contribution is -0.121. The van der Waals surface area contributed by atoms with E-state index in [1.54, 1.807) is 35.3 Å². The third-order valence-electron chi connectivity index (χ3n) is 4.53. The highest BCUT2D eigenvalue weighted by Crippen LogP contribution is 2.30. The van der Waals surface area contributed by atoms with Gasteiger partial charge in [-0.1, -0.05) is 0 Å². The second kappa shape index (κ2) is 7.87. The van der Waals surface area contributed by atoms with Gasteiger partial charge < -0.3 is 10.6 Å². The van der Waals surface area contributed by atoms with E-state index in [1.165, 1.54) is 6.92 Å². The van der Waals surface area contributed by atoms with Crippen LogP contribution in [0.25, 0.3) is 0 Å². The number of benzene rings is 1. The summed E-state index contributed by atoms with van der Waals surface area (Å²) >= 11 is 0. The third kappa shape index (κ3) is 4.85. The van der Waals surface area contributed by atoms with Crippen molar-refractivity contribution in [2.45, 2.75) is 39.2 Å². The van der Waals surface area contributed by atoms with Crippen molar-refractivity contribution in [1.82, 2.24) is 20.2 Å². The Balaban J connectivity index is 1.46. The molecule has 1 fully saturated rings. The normalized spacial score (nSPS) is 20.0. The van der Waals surface area contributed by atoms with Crippen molar-refractivity contribution in [3.8, 4) is 0 Å². The fourth-order valence-electron chi connectivity index (χ4n) is 3.22. The number of carbonyl (C=O) groups is 2. The zero-order valence-electron chi connectivity index (χ0n) is 14.2. The van der Waals surface area contributed by atoms with E-state index in [2.05, 4.69) is 26.2 Å². The van der Waals surface area contributed by atoms with Crippen LogP contribution in [0.1, 0.15) is 32.6 Å². The number of hydrogen-bond donors (Lipinski definition) is 2. The molecule has 0 saturated heterocycles. The molecule has 1 aromatic carbocycles. The summed E-state index contributed by atoms with van der Waals surface area (Å²) in [7, 11) is 0. The quantitative estimate of drug-likeness (QED) is 0.866. The summed E-state index contributed by atoms with van der Waals surface area (Å²) in [4.78, 5) is 23.5. The Bertz CT molecular complexity index is 705. The molecule has 25 heavy (non-hydrogen) atoms. The van der Waals surface area contributed by atoms with Gasteiger partial charge in [-0.3, -0.25) is 9.59 Å². The number of nitrogens with one attached hydrogen (secondary N) is 2. The lowest BCUT2D eigenvalue weighted by Crippen LogP contribution is -2.28. The van der Waals surface area contributed by atoms with Gasteiger partial charge >= 0.3 is 0 Å². The molecule has 1 aliphatic carbocycles. The summed E-state index contributed by atoms with van der Waals surface area (Å²) in [6, 6.07) is 7.15. The molecule has 0 spiro atoms. The zero-order valence-corrected chi connectivity index (χ0v) is 14.2. The van der Waals surface area contributed by atoms with E-state index < -0.39 is 0 Å². The summed E-state index contributed by atoms with van der Waals surface area (Å²) in [5.41, 5.74) is 1.46. The van der Waals surface area contributed by atoms with Crippen LogP contribution in [-0.4, -0.2) is 32.0 Å². The van der Waals surface area contributed by atoms with Crippen molar-refractivity contribution >= 4 is 23.2 Å². The number of tetrazole rings is 1. The maximum atomic E-state index is 12.4. The molecule has 2 N–H and O–H groups in total. The molecule has 0 atom stereocenters. The molecule has 1 aromatic heterocycles. The number of hydrogen-bond acceptors (Lipinski definition) is 5. The monoisotopic (exact) mass is 342 g/mol. The fourth-order valence-corrected chi connectivity index (χ4v) is 3.22. The summed E-state index contributed by atoms with van der Waals surface area (Å²) in [5.74, 6) is 0.507. The molecule has 0 aliphatic heterocycles. The van der Waals surface area contributed by atoms with Crippen LogP contribution in [0.4, 0.5) is 11.4 Å². The van der Waals surface area contributed by atoms with Crippen LogP contribution < -0.4 is 10.6 Å². The van der Waals surface area contributed by atoms with Crippen LogP contribution in [0.15, 0.2) is 30.6 Å². The molecule has 132 valence electrons. The Morgan fingerprint density at radius 3 is 2.28 bits per heavy atom. The first-order valence-corrected chi connectivity index (χ1v) is 8.49. The first-order valence-electron chi connectivity index (χ1n) is 8.49. The van der Waals surface area contributed by atoms with Gasteiger partial charge in [0.25, 0.3) is 0 Å². The van der Waals surface area contributed by atoms with Crippen LogP contribution in [0.2, 0.25) is 0 Å². The van der Waals surface area contributed by atoms with E-state index in [4.69, 9.17) is 0 Å². The van der Waals surface area contributed by atoms with Crippen LogP contribution in [-0.2, 0) is 16.1 Å². The minimum Gasteiger partial charge on any atom is -0.326 e. The lowest BCUT2D eigenvalue weighted by Gasteiger charge is -2.27. The number of carbonyl (C=O) groups excluding carboxylic acids is 2. The van der Waals surface area contributed by atoms with Gasteiger partial charge in [0.1, 0.15) is 6.33 Å². The average Bonchev–Trinajstić information content (AvgIpc) is 3.10. The molecule has 2 amide bonds. The lowest BCUT2D eigenvalue weighted by atomic mass is 9.81. The molecule has 0 radical (unpaired) electrons. The standard InChI is InChI=1S/C17H22N6O2/c1-12(24)19-15-6-8-16(9-7-15)20-17(25)14-4-2-13(3-5-14)10-23-11-18-21-22-23/h6-9,11,13-14H,2-5,10H2,1H3,(H,19,24)(H,20,25). The van der Waals surface area contributed by atoms with Crippen molar-refractivity contribution in [1.29, 1.82) is 0 Å². The van der Waals surface area contributed by atoms with Gasteiger partial charge in [-0.2, -0.15) is 0 Å². The SMILES string of the molecule is CC(=O)Nc1ccc(NC(=O)C2CCC(Cn3cnnn3)CC2)cc1. The van der Waals surface area contributed by atoms with E-state index in [9.17, 15) is 9.59 Å².